The Morgan fingerprint density at radius 2 is 2.19 bits per heavy atom. The van der Waals surface area contributed by atoms with Gasteiger partial charge < -0.3 is 14.6 Å². The first-order valence-electron chi connectivity index (χ1n) is 8.69. The molecule has 2 aromatic rings. The summed E-state index contributed by atoms with van der Waals surface area (Å²) in [4.78, 5) is 33.5. The lowest BCUT2D eigenvalue weighted by atomic mass is 10.1. The van der Waals surface area contributed by atoms with Gasteiger partial charge >= 0.3 is 0 Å². The Bertz CT molecular complexity index is 850. The fourth-order valence-electron chi connectivity index (χ4n) is 2.96. The number of hydrogen-bond acceptors (Lipinski definition) is 4. The van der Waals surface area contributed by atoms with Crippen molar-refractivity contribution >= 4 is 17.5 Å². The summed E-state index contributed by atoms with van der Waals surface area (Å²) in [6.45, 7) is 5.15. The van der Waals surface area contributed by atoms with Crippen molar-refractivity contribution in [2.24, 2.45) is 0 Å². The van der Waals surface area contributed by atoms with Gasteiger partial charge in [-0.1, -0.05) is 43.6 Å². The molecule has 0 saturated carbocycles. The first kappa shape index (κ1) is 18.6. The van der Waals surface area contributed by atoms with E-state index in [1.54, 1.807) is 4.90 Å². The number of nitrogens with zero attached hydrogens (tertiary/aromatic N) is 2. The molecule has 1 aromatic heterocycles. The van der Waals surface area contributed by atoms with E-state index in [1.165, 1.54) is 6.20 Å². The van der Waals surface area contributed by atoms with Crippen LogP contribution in [0, 0.1) is 0 Å². The molecule has 26 heavy (non-hydrogen) atoms. The minimum absolute atomic E-state index is 0.0628. The maximum absolute atomic E-state index is 12.8. The average molecular weight is 376 g/mol. The van der Waals surface area contributed by atoms with Gasteiger partial charge in [0.15, 0.2) is 0 Å². The number of morpholine rings is 1. The predicted molar refractivity (Wildman–Crippen MR) is 99.7 cm³/mol. The number of aromatic nitrogens is 2. The Labute approximate surface area is 157 Å². The summed E-state index contributed by atoms with van der Waals surface area (Å²) >= 11 is 6.21. The van der Waals surface area contributed by atoms with E-state index >= 15 is 0 Å². The molecule has 3 rings (SSSR count). The van der Waals surface area contributed by atoms with E-state index in [0.29, 0.717) is 37.0 Å². The summed E-state index contributed by atoms with van der Waals surface area (Å²) in [6, 6.07) is 7.59. The first-order chi connectivity index (χ1) is 12.5. The van der Waals surface area contributed by atoms with Crippen LogP contribution in [-0.4, -0.2) is 46.6 Å². The second kappa shape index (κ2) is 8.01. The largest absolute Gasteiger partial charge is 0.374 e. The van der Waals surface area contributed by atoms with E-state index in [2.05, 4.69) is 9.97 Å². The monoisotopic (exact) mass is 375 g/mol. The SMILES string of the molecule is CC(C)c1ncc(C(=O)N2CCO[C@H](Cc3ccccc3Cl)C2)c(=O)[nH]1. The fourth-order valence-corrected chi connectivity index (χ4v) is 3.17. The zero-order chi connectivity index (χ0) is 18.7. The van der Waals surface area contributed by atoms with Gasteiger partial charge in [0, 0.05) is 36.6 Å². The Balaban J connectivity index is 1.72. The molecule has 1 fully saturated rings. The van der Waals surface area contributed by atoms with Crippen molar-refractivity contribution in [2.75, 3.05) is 19.7 Å². The summed E-state index contributed by atoms with van der Waals surface area (Å²) in [7, 11) is 0. The van der Waals surface area contributed by atoms with Crippen LogP contribution >= 0.6 is 11.6 Å². The molecule has 0 bridgehead atoms. The zero-order valence-corrected chi connectivity index (χ0v) is 15.6. The number of H-pyrrole nitrogens is 1. The molecular weight excluding hydrogens is 354 g/mol. The van der Waals surface area contributed by atoms with Crippen molar-refractivity contribution in [1.29, 1.82) is 0 Å². The lowest BCUT2D eigenvalue weighted by Crippen LogP contribution is -2.47. The van der Waals surface area contributed by atoms with Crippen molar-refractivity contribution in [1.82, 2.24) is 14.9 Å². The number of ether oxygens (including phenoxy) is 1. The summed E-state index contributed by atoms with van der Waals surface area (Å²) < 4.78 is 5.78. The number of carbonyl (C=O) groups excluding carboxylic acids is 1. The Morgan fingerprint density at radius 3 is 2.88 bits per heavy atom. The predicted octanol–water partition coefficient (Wildman–Crippen LogP) is 2.63. The number of nitrogens with one attached hydrogen (secondary N) is 1. The molecule has 1 amide bonds. The molecule has 7 heteroatoms. The number of carbonyl (C=O) groups is 1. The molecule has 1 atom stereocenters. The van der Waals surface area contributed by atoms with Crippen LogP contribution in [0.5, 0.6) is 0 Å². The van der Waals surface area contributed by atoms with Gasteiger partial charge in [-0.05, 0) is 11.6 Å². The number of amides is 1. The first-order valence-corrected chi connectivity index (χ1v) is 9.07. The topological polar surface area (TPSA) is 75.3 Å². The van der Waals surface area contributed by atoms with E-state index in [0.717, 1.165) is 5.56 Å². The Kier molecular flexibility index (Phi) is 5.74. The van der Waals surface area contributed by atoms with E-state index in [1.807, 2.05) is 38.1 Å². The minimum atomic E-state index is -0.400. The molecule has 138 valence electrons. The van der Waals surface area contributed by atoms with Gasteiger partial charge in [-0.25, -0.2) is 4.98 Å². The molecule has 0 spiro atoms. The number of benzene rings is 1. The van der Waals surface area contributed by atoms with Gasteiger partial charge in [-0.3, -0.25) is 9.59 Å². The van der Waals surface area contributed by atoms with Crippen LogP contribution in [0.15, 0.2) is 35.3 Å². The van der Waals surface area contributed by atoms with E-state index in [-0.39, 0.29) is 23.5 Å². The third kappa shape index (κ3) is 4.14. The van der Waals surface area contributed by atoms with Crippen molar-refractivity contribution in [3.8, 4) is 0 Å². The standard InChI is InChI=1S/C19H22ClN3O3/c1-12(2)17-21-10-15(18(24)22-17)19(25)23-7-8-26-14(11-23)9-13-5-3-4-6-16(13)20/h3-6,10,12,14H,7-9,11H2,1-2H3,(H,21,22,24)/t14-/m1/s1. The molecular formula is C19H22ClN3O3. The maximum Gasteiger partial charge on any atom is 0.263 e. The Morgan fingerprint density at radius 1 is 1.42 bits per heavy atom. The van der Waals surface area contributed by atoms with Crippen LogP contribution in [0.1, 0.15) is 41.5 Å². The van der Waals surface area contributed by atoms with Crippen LogP contribution in [0.2, 0.25) is 5.02 Å². The van der Waals surface area contributed by atoms with E-state index in [9.17, 15) is 9.59 Å². The summed E-state index contributed by atoms with van der Waals surface area (Å²) in [5, 5.41) is 0.685. The molecule has 1 N–H and O–H groups in total. The highest BCUT2D eigenvalue weighted by Gasteiger charge is 2.27. The summed E-state index contributed by atoms with van der Waals surface area (Å²) in [5.74, 6) is 0.349. The smallest absolute Gasteiger partial charge is 0.263 e. The lowest BCUT2D eigenvalue weighted by Gasteiger charge is -2.33. The number of halogens is 1. The molecule has 0 unspecified atom stereocenters. The highest BCUT2D eigenvalue weighted by Crippen LogP contribution is 2.20. The van der Waals surface area contributed by atoms with E-state index in [4.69, 9.17) is 16.3 Å². The third-order valence-corrected chi connectivity index (χ3v) is 4.80. The van der Waals surface area contributed by atoms with Crippen LogP contribution < -0.4 is 5.56 Å². The normalized spacial score (nSPS) is 17.5. The molecule has 2 heterocycles. The van der Waals surface area contributed by atoms with Gasteiger partial charge in [-0.15, -0.1) is 0 Å². The molecule has 1 saturated heterocycles. The van der Waals surface area contributed by atoms with E-state index < -0.39 is 5.56 Å². The van der Waals surface area contributed by atoms with Crippen LogP contribution in [0.4, 0.5) is 0 Å². The van der Waals surface area contributed by atoms with Crippen molar-refractivity contribution in [3.63, 3.8) is 0 Å². The van der Waals surface area contributed by atoms with Crippen molar-refractivity contribution in [2.45, 2.75) is 32.3 Å². The van der Waals surface area contributed by atoms with Gasteiger partial charge in [0.1, 0.15) is 11.4 Å². The summed E-state index contributed by atoms with van der Waals surface area (Å²) in [5.41, 5.74) is 0.643. The van der Waals surface area contributed by atoms with Gasteiger partial charge in [-0.2, -0.15) is 0 Å². The second-order valence-electron chi connectivity index (χ2n) is 6.71. The molecule has 1 aromatic carbocycles. The molecule has 0 aliphatic carbocycles. The Hall–Kier alpha value is -2.18. The van der Waals surface area contributed by atoms with Crippen LogP contribution in [0.3, 0.4) is 0 Å². The minimum Gasteiger partial charge on any atom is -0.374 e. The number of rotatable bonds is 4. The van der Waals surface area contributed by atoms with Crippen LogP contribution in [0.25, 0.3) is 0 Å². The molecule has 1 aliphatic rings. The quantitative estimate of drug-likeness (QED) is 0.891. The molecule has 1 aliphatic heterocycles. The number of aromatic amines is 1. The van der Waals surface area contributed by atoms with Gasteiger partial charge in [0.25, 0.3) is 11.5 Å². The lowest BCUT2D eigenvalue weighted by molar-refractivity contribution is -0.0208. The fraction of sp³-hybridized carbons (Fsp3) is 0.421. The summed E-state index contributed by atoms with van der Waals surface area (Å²) in [6.07, 6.45) is 1.83. The van der Waals surface area contributed by atoms with Gasteiger partial charge in [0.05, 0.1) is 12.7 Å². The average Bonchev–Trinajstić information content (AvgIpc) is 2.63. The maximum atomic E-state index is 12.8. The molecule has 6 nitrogen and oxygen atoms in total. The van der Waals surface area contributed by atoms with Crippen molar-refractivity contribution < 1.29 is 9.53 Å². The molecule has 0 radical (unpaired) electrons. The number of hydrogen-bond donors (Lipinski definition) is 1. The van der Waals surface area contributed by atoms with Gasteiger partial charge in [0.2, 0.25) is 0 Å². The highest BCUT2D eigenvalue weighted by atomic mass is 35.5. The zero-order valence-electron chi connectivity index (χ0n) is 14.9. The highest BCUT2D eigenvalue weighted by molar-refractivity contribution is 6.31. The van der Waals surface area contributed by atoms with Crippen LogP contribution in [-0.2, 0) is 11.2 Å². The third-order valence-electron chi connectivity index (χ3n) is 4.43. The second-order valence-corrected chi connectivity index (χ2v) is 7.11. The van der Waals surface area contributed by atoms with Crippen molar-refractivity contribution in [3.05, 3.63) is 62.8 Å².